The molecule has 0 bridgehead atoms. The number of nitrogens with zero attached hydrogens (tertiary/aromatic N) is 3. The molecule has 0 saturated carbocycles. The van der Waals surface area contributed by atoms with Gasteiger partial charge in [0, 0.05) is 11.9 Å². The number of benzene rings is 1. The second-order valence-corrected chi connectivity index (χ2v) is 6.92. The summed E-state index contributed by atoms with van der Waals surface area (Å²) < 4.78 is 10.7. The Bertz CT molecular complexity index is 945. The molecule has 150 valence electrons. The van der Waals surface area contributed by atoms with Crippen LogP contribution in [0.25, 0.3) is 11.6 Å². The van der Waals surface area contributed by atoms with Crippen LogP contribution in [0.5, 0.6) is 0 Å². The number of thioether (sulfide) groups is 1. The maximum absolute atomic E-state index is 12.1. The highest BCUT2D eigenvalue weighted by atomic mass is 32.2. The Balaban J connectivity index is 1.47. The van der Waals surface area contributed by atoms with Crippen molar-refractivity contribution in [2.24, 2.45) is 0 Å². The molecule has 0 aliphatic carbocycles. The zero-order chi connectivity index (χ0) is 20.5. The molecule has 9 heteroatoms. The molecule has 1 aromatic carbocycles. The SMILES string of the molecule is CCCCOC(=O)c1ccc(NC(=O)CSc2nnc(-c3ccccn3)o2)cc1. The van der Waals surface area contributed by atoms with Crippen LogP contribution < -0.4 is 5.32 Å². The number of aromatic nitrogens is 3. The number of pyridine rings is 1. The highest BCUT2D eigenvalue weighted by molar-refractivity contribution is 7.99. The monoisotopic (exact) mass is 412 g/mol. The van der Waals surface area contributed by atoms with Gasteiger partial charge in [-0.3, -0.25) is 9.78 Å². The summed E-state index contributed by atoms with van der Waals surface area (Å²) in [6, 6.07) is 11.9. The van der Waals surface area contributed by atoms with Crippen LogP contribution in [0.15, 0.2) is 58.3 Å². The average molecular weight is 412 g/mol. The molecule has 0 aliphatic rings. The Hall–Kier alpha value is -3.20. The van der Waals surface area contributed by atoms with E-state index < -0.39 is 0 Å². The van der Waals surface area contributed by atoms with Crippen molar-refractivity contribution in [3.05, 3.63) is 54.2 Å². The van der Waals surface area contributed by atoms with Crippen molar-refractivity contribution in [3.63, 3.8) is 0 Å². The molecule has 0 radical (unpaired) electrons. The summed E-state index contributed by atoms with van der Waals surface area (Å²) in [5.74, 6) is -0.197. The number of rotatable bonds is 9. The third-order valence-corrected chi connectivity index (χ3v) is 4.57. The minimum absolute atomic E-state index is 0.102. The zero-order valence-corrected chi connectivity index (χ0v) is 16.6. The quantitative estimate of drug-likeness (QED) is 0.321. The molecule has 1 amide bonds. The summed E-state index contributed by atoms with van der Waals surface area (Å²) in [5.41, 5.74) is 1.60. The van der Waals surface area contributed by atoms with E-state index in [-0.39, 0.29) is 22.9 Å². The Kier molecular flexibility index (Phi) is 7.34. The topological polar surface area (TPSA) is 107 Å². The molecular weight excluding hydrogens is 392 g/mol. The number of anilines is 1. The van der Waals surface area contributed by atoms with Crippen LogP contribution in [-0.2, 0) is 9.53 Å². The van der Waals surface area contributed by atoms with Crippen molar-refractivity contribution < 1.29 is 18.7 Å². The molecule has 0 saturated heterocycles. The van der Waals surface area contributed by atoms with E-state index in [0.29, 0.717) is 29.4 Å². The number of hydrogen-bond acceptors (Lipinski definition) is 8. The maximum atomic E-state index is 12.1. The standard InChI is InChI=1S/C20H20N4O4S/c1-2-3-12-27-19(26)14-7-9-15(10-8-14)22-17(25)13-29-20-24-23-18(28-20)16-6-4-5-11-21-16/h4-11H,2-3,12-13H2,1H3,(H,22,25). The van der Waals surface area contributed by atoms with E-state index in [1.807, 2.05) is 13.0 Å². The van der Waals surface area contributed by atoms with Gasteiger partial charge < -0.3 is 14.5 Å². The summed E-state index contributed by atoms with van der Waals surface area (Å²) in [6.07, 6.45) is 3.43. The van der Waals surface area contributed by atoms with E-state index in [2.05, 4.69) is 20.5 Å². The van der Waals surface area contributed by atoms with Gasteiger partial charge in [-0.25, -0.2) is 4.79 Å². The van der Waals surface area contributed by atoms with Gasteiger partial charge in [-0.15, -0.1) is 10.2 Å². The molecule has 0 unspecified atom stereocenters. The normalized spacial score (nSPS) is 10.5. The molecule has 29 heavy (non-hydrogen) atoms. The van der Waals surface area contributed by atoms with Gasteiger partial charge in [0.1, 0.15) is 5.69 Å². The molecular formula is C20H20N4O4S. The van der Waals surface area contributed by atoms with Crippen LogP contribution in [-0.4, -0.2) is 39.4 Å². The van der Waals surface area contributed by atoms with Gasteiger partial charge in [-0.05, 0) is 42.8 Å². The first kappa shape index (κ1) is 20.5. The number of esters is 1. The zero-order valence-electron chi connectivity index (χ0n) is 15.8. The number of hydrogen-bond donors (Lipinski definition) is 1. The average Bonchev–Trinajstić information content (AvgIpc) is 3.23. The Morgan fingerprint density at radius 1 is 1.14 bits per heavy atom. The summed E-state index contributed by atoms with van der Waals surface area (Å²) in [7, 11) is 0. The molecule has 3 aromatic rings. The molecule has 3 rings (SSSR count). The fourth-order valence-electron chi connectivity index (χ4n) is 2.27. The number of carbonyl (C=O) groups is 2. The predicted octanol–water partition coefficient (Wildman–Crippen LogP) is 3.82. The van der Waals surface area contributed by atoms with Gasteiger partial charge in [0.25, 0.3) is 11.1 Å². The molecule has 0 spiro atoms. The lowest BCUT2D eigenvalue weighted by Crippen LogP contribution is -2.14. The minimum Gasteiger partial charge on any atom is -0.462 e. The number of nitrogens with one attached hydrogen (secondary N) is 1. The molecule has 8 nitrogen and oxygen atoms in total. The first-order chi connectivity index (χ1) is 14.2. The highest BCUT2D eigenvalue weighted by Crippen LogP contribution is 2.21. The number of ether oxygens (including phenoxy) is 1. The summed E-state index contributed by atoms with van der Waals surface area (Å²) >= 11 is 1.13. The van der Waals surface area contributed by atoms with E-state index in [0.717, 1.165) is 24.6 Å². The summed E-state index contributed by atoms with van der Waals surface area (Å²) in [4.78, 5) is 28.1. The van der Waals surface area contributed by atoms with Crippen molar-refractivity contribution in [2.45, 2.75) is 25.0 Å². The van der Waals surface area contributed by atoms with Gasteiger partial charge in [-0.2, -0.15) is 0 Å². The largest absolute Gasteiger partial charge is 0.462 e. The van der Waals surface area contributed by atoms with E-state index in [4.69, 9.17) is 9.15 Å². The first-order valence-corrected chi connectivity index (χ1v) is 10.1. The van der Waals surface area contributed by atoms with Gasteiger partial charge in [0.2, 0.25) is 5.91 Å². The molecule has 2 aromatic heterocycles. The highest BCUT2D eigenvalue weighted by Gasteiger charge is 2.12. The lowest BCUT2D eigenvalue weighted by molar-refractivity contribution is -0.113. The van der Waals surface area contributed by atoms with Crippen molar-refractivity contribution in [1.29, 1.82) is 0 Å². The molecule has 2 heterocycles. The number of carbonyl (C=O) groups excluding carboxylic acids is 2. The van der Waals surface area contributed by atoms with Crippen molar-refractivity contribution in [2.75, 3.05) is 17.7 Å². The van der Waals surface area contributed by atoms with Crippen molar-refractivity contribution >= 4 is 29.3 Å². The van der Waals surface area contributed by atoms with E-state index in [1.54, 1.807) is 42.6 Å². The van der Waals surface area contributed by atoms with Gasteiger partial charge in [0.05, 0.1) is 17.9 Å². The third-order valence-electron chi connectivity index (χ3n) is 3.75. The Morgan fingerprint density at radius 3 is 2.69 bits per heavy atom. The maximum Gasteiger partial charge on any atom is 0.338 e. The van der Waals surface area contributed by atoms with E-state index >= 15 is 0 Å². The van der Waals surface area contributed by atoms with Crippen molar-refractivity contribution in [1.82, 2.24) is 15.2 Å². The van der Waals surface area contributed by atoms with Gasteiger partial charge in [-0.1, -0.05) is 31.2 Å². The van der Waals surface area contributed by atoms with Crippen LogP contribution in [0.4, 0.5) is 5.69 Å². The van der Waals surface area contributed by atoms with Crippen LogP contribution in [0.2, 0.25) is 0 Å². The predicted molar refractivity (Wildman–Crippen MR) is 109 cm³/mol. The third kappa shape index (κ3) is 6.15. The van der Waals surface area contributed by atoms with Crippen LogP contribution in [0, 0.1) is 0 Å². The number of unbranched alkanes of at least 4 members (excludes halogenated alkanes) is 1. The van der Waals surface area contributed by atoms with Gasteiger partial charge in [0.15, 0.2) is 0 Å². The number of amides is 1. The second kappa shape index (κ2) is 10.4. The molecule has 0 fully saturated rings. The van der Waals surface area contributed by atoms with Crippen molar-refractivity contribution in [3.8, 4) is 11.6 Å². The summed E-state index contributed by atoms with van der Waals surface area (Å²) in [6.45, 7) is 2.43. The summed E-state index contributed by atoms with van der Waals surface area (Å²) in [5, 5.41) is 10.9. The second-order valence-electron chi connectivity index (χ2n) is 5.99. The fraction of sp³-hybridized carbons (Fsp3) is 0.250. The van der Waals surface area contributed by atoms with Crippen LogP contribution >= 0.6 is 11.8 Å². The first-order valence-electron chi connectivity index (χ1n) is 9.10. The lowest BCUT2D eigenvalue weighted by atomic mass is 10.2. The minimum atomic E-state index is -0.369. The smallest absolute Gasteiger partial charge is 0.338 e. The van der Waals surface area contributed by atoms with E-state index in [1.165, 1.54) is 0 Å². The fourth-order valence-corrected chi connectivity index (χ4v) is 2.83. The molecule has 0 aliphatic heterocycles. The van der Waals surface area contributed by atoms with Gasteiger partial charge >= 0.3 is 5.97 Å². The Morgan fingerprint density at radius 2 is 1.97 bits per heavy atom. The van der Waals surface area contributed by atoms with E-state index in [9.17, 15) is 9.59 Å². The Labute approximate surface area is 172 Å². The van der Waals surface area contributed by atoms with Crippen LogP contribution in [0.1, 0.15) is 30.1 Å². The molecule has 1 N–H and O–H groups in total. The van der Waals surface area contributed by atoms with Crippen LogP contribution in [0.3, 0.4) is 0 Å². The lowest BCUT2D eigenvalue weighted by Gasteiger charge is -2.06. The molecule has 0 atom stereocenters.